The predicted octanol–water partition coefficient (Wildman–Crippen LogP) is 2.19. The van der Waals surface area contributed by atoms with Crippen molar-refractivity contribution in [2.24, 2.45) is 0 Å². The largest absolute Gasteiger partial charge is 0.484 e. The van der Waals surface area contributed by atoms with Gasteiger partial charge in [-0.3, -0.25) is 4.79 Å². The first-order valence-corrected chi connectivity index (χ1v) is 5.44. The molecule has 1 aromatic rings. The van der Waals surface area contributed by atoms with Crippen LogP contribution in [0, 0.1) is 13.8 Å². The molecule has 1 N–H and O–H groups in total. The van der Waals surface area contributed by atoms with E-state index in [1.807, 2.05) is 26.0 Å². The summed E-state index contributed by atoms with van der Waals surface area (Å²) in [5.41, 5.74) is 2.20. The molecule has 0 saturated carbocycles. The van der Waals surface area contributed by atoms with Gasteiger partial charge in [0.2, 0.25) is 0 Å². The maximum absolute atomic E-state index is 11.0. The molecule has 0 aromatic heterocycles. The molecule has 82 valence electrons. The van der Waals surface area contributed by atoms with Crippen LogP contribution in [0.2, 0.25) is 0 Å². The highest BCUT2D eigenvalue weighted by molar-refractivity contribution is 9.10. The Morgan fingerprint density at radius 1 is 1.40 bits per heavy atom. The summed E-state index contributed by atoms with van der Waals surface area (Å²) in [6, 6.07) is 3.81. The maximum Gasteiger partial charge on any atom is 0.257 e. The molecular weight excluding hydrogens is 258 g/mol. The summed E-state index contributed by atoms with van der Waals surface area (Å²) >= 11 is 3.47. The fourth-order valence-electron chi connectivity index (χ4n) is 1.21. The van der Waals surface area contributed by atoms with E-state index in [4.69, 9.17) is 4.74 Å². The molecule has 0 aliphatic rings. The fourth-order valence-corrected chi connectivity index (χ4v) is 1.44. The number of rotatable bonds is 3. The summed E-state index contributed by atoms with van der Waals surface area (Å²) in [7, 11) is 1.59. The molecule has 15 heavy (non-hydrogen) atoms. The first-order valence-electron chi connectivity index (χ1n) is 4.64. The van der Waals surface area contributed by atoms with Crippen molar-refractivity contribution in [1.82, 2.24) is 5.32 Å². The molecule has 0 spiro atoms. The van der Waals surface area contributed by atoms with Crippen LogP contribution in [-0.4, -0.2) is 19.6 Å². The predicted molar refractivity (Wildman–Crippen MR) is 63.2 cm³/mol. The second kappa shape index (κ2) is 5.16. The second-order valence-corrected chi connectivity index (χ2v) is 4.13. The zero-order valence-electron chi connectivity index (χ0n) is 9.06. The van der Waals surface area contributed by atoms with Crippen LogP contribution in [0.1, 0.15) is 11.1 Å². The highest BCUT2D eigenvalue weighted by atomic mass is 79.9. The van der Waals surface area contributed by atoms with Gasteiger partial charge in [0.15, 0.2) is 6.61 Å². The summed E-state index contributed by atoms with van der Waals surface area (Å²) in [5.74, 6) is 0.588. The third kappa shape index (κ3) is 3.23. The Morgan fingerprint density at radius 3 is 2.40 bits per heavy atom. The van der Waals surface area contributed by atoms with Gasteiger partial charge in [-0.25, -0.2) is 0 Å². The van der Waals surface area contributed by atoms with E-state index >= 15 is 0 Å². The van der Waals surface area contributed by atoms with Crippen LogP contribution < -0.4 is 10.1 Å². The van der Waals surface area contributed by atoms with E-state index in [0.29, 0.717) is 0 Å². The Kier molecular flexibility index (Phi) is 4.15. The quantitative estimate of drug-likeness (QED) is 0.916. The molecule has 1 aromatic carbocycles. The van der Waals surface area contributed by atoms with Crippen LogP contribution in [-0.2, 0) is 4.79 Å². The van der Waals surface area contributed by atoms with Crippen LogP contribution in [0.4, 0.5) is 0 Å². The SMILES string of the molecule is CNC(=O)COc1cc(C)c(Br)c(C)c1. The summed E-state index contributed by atoms with van der Waals surface area (Å²) in [5, 5.41) is 2.50. The van der Waals surface area contributed by atoms with Gasteiger partial charge in [-0.2, -0.15) is 0 Å². The van der Waals surface area contributed by atoms with Crippen molar-refractivity contribution >= 4 is 21.8 Å². The number of likely N-dealkylation sites (N-methyl/N-ethyl adjacent to an activating group) is 1. The van der Waals surface area contributed by atoms with E-state index in [0.717, 1.165) is 21.3 Å². The number of benzene rings is 1. The number of hydrogen-bond acceptors (Lipinski definition) is 2. The minimum absolute atomic E-state index is 0.0526. The summed E-state index contributed by atoms with van der Waals surface area (Å²) in [4.78, 5) is 11.0. The number of carbonyl (C=O) groups is 1. The molecule has 0 saturated heterocycles. The summed E-state index contributed by atoms with van der Waals surface area (Å²) < 4.78 is 6.42. The molecule has 0 atom stereocenters. The Labute approximate surface area is 97.9 Å². The third-order valence-corrected chi connectivity index (χ3v) is 3.31. The normalized spacial score (nSPS) is 9.87. The van der Waals surface area contributed by atoms with Crippen LogP contribution in [0.5, 0.6) is 5.75 Å². The lowest BCUT2D eigenvalue weighted by molar-refractivity contribution is -0.122. The standard InChI is InChI=1S/C11H14BrNO2/c1-7-4-9(5-8(2)11(7)12)15-6-10(14)13-3/h4-5H,6H2,1-3H3,(H,13,14). The zero-order valence-corrected chi connectivity index (χ0v) is 10.6. The molecule has 1 rings (SSSR count). The number of halogens is 1. The van der Waals surface area contributed by atoms with Crippen molar-refractivity contribution < 1.29 is 9.53 Å². The molecule has 1 amide bonds. The monoisotopic (exact) mass is 271 g/mol. The number of carbonyl (C=O) groups excluding carboxylic acids is 1. The number of hydrogen-bond donors (Lipinski definition) is 1. The van der Waals surface area contributed by atoms with Gasteiger partial charge in [0.1, 0.15) is 5.75 Å². The van der Waals surface area contributed by atoms with E-state index < -0.39 is 0 Å². The van der Waals surface area contributed by atoms with Gasteiger partial charge in [-0.1, -0.05) is 15.9 Å². The number of ether oxygens (including phenoxy) is 1. The van der Waals surface area contributed by atoms with Gasteiger partial charge < -0.3 is 10.1 Å². The van der Waals surface area contributed by atoms with Crippen molar-refractivity contribution in [3.63, 3.8) is 0 Å². The summed E-state index contributed by atoms with van der Waals surface area (Å²) in [6.45, 7) is 4.03. The van der Waals surface area contributed by atoms with Crippen molar-refractivity contribution in [3.05, 3.63) is 27.7 Å². The fraction of sp³-hybridized carbons (Fsp3) is 0.364. The average Bonchev–Trinajstić information content (AvgIpc) is 2.22. The van der Waals surface area contributed by atoms with Crippen molar-refractivity contribution in [1.29, 1.82) is 0 Å². The molecule has 0 aliphatic heterocycles. The van der Waals surface area contributed by atoms with E-state index in [-0.39, 0.29) is 12.5 Å². The smallest absolute Gasteiger partial charge is 0.257 e. The van der Waals surface area contributed by atoms with Crippen molar-refractivity contribution in [2.45, 2.75) is 13.8 Å². The lowest BCUT2D eigenvalue weighted by atomic mass is 10.1. The number of aryl methyl sites for hydroxylation is 2. The molecule has 0 radical (unpaired) electrons. The van der Waals surface area contributed by atoms with E-state index in [1.165, 1.54) is 0 Å². The van der Waals surface area contributed by atoms with Gasteiger partial charge in [0.05, 0.1) is 0 Å². The molecule has 0 fully saturated rings. The van der Waals surface area contributed by atoms with Gasteiger partial charge in [0, 0.05) is 11.5 Å². The molecule has 3 nitrogen and oxygen atoms in total. The minimum Gasteiger partial charge on any atom is -0.484 e. The first-order chi connectivity index (χ1) is 7.04. The third-order valence-electron chi connectivity index (χ3n) is 2.06. The molecule has 0 unspecified atom stereocenters. The van der Waals surface area contributed by atoms with E-state index in [1.54, 1.807) is 7.05 Å². The van der Waals surface area contributed by atoms with Gasteiger partial charge in [0.25, 0.3) is 5.91 Å². The highest BCUT2D eigenvalue weighted by Gasteiger charge is 2.04. The van der Waals surface area contributed by atoms with Crippen LogP contribution in [0.25, 0.3) is 0 Å². The minimum atomic E-state index is -0.131. The topological polar surface area (TPSA) is 38.3 Å². The molecule has 0 aliphatic carbocycles. The van der Waals surface area contributed by atoms with Crippen LogP contribution >= 0.6 is 15.9 Å². The Morgan fingerprint density at radius 2 is 1.93 bits per heavy atom. The highest BCUT2D eigenvalue weighted by Crippen LogP contribution is 2.26. The number of amides is 1. The van der Waals surface area contributed by atoms with Gasteiger partial charge in [-0.05, 0) is 37.1 Å². The van der Waals surface area contributed by atoms with Gasteiger partial charge >= 0.3 is 0 Å². The Bertz CT molecular complexity index is 354. The Hall–Kier alpha value is -1.03. The molecular formula is C11H14BrNO2. The zero-order chi connectivity index (χ0) is 11.4. The van der Waals surface area contributed by atoms with Crippen LogP contribution in [0.15, 0.2) is 16.6 Å². The lowest BCUT2D eigenvalue weighted by Gasteiger charge is -2.09. The average molecular weight is 272 g/mol. The first kappa shape index (κ1) is 12.0. The maximum atomic E-state index is 11.0. The molecule has 0 heterocycles. The molecule has 4 heteroatoms. The number of nitrogens with one attached hydrogen (secondary N) is 1. The Balaban J connectivity index is 2.75. The van der Waals surface area contributed by atoms with E-state index in [9.17, 15) is 4.79 Å². The van der Waals surface area contributed by atoms with Crippen molar-refractivity contribution in [2.75, 3.05) is 13.7 Å². The van der Waals surface area contributed by atoms with E-state index in [2.05, 4.69) is 21.2 Å². The second-order valence-electron chi connectivity index (χ2n) is 3.33. The molecule has 0 bridgehead atoms. The van der Waals surface area contributed by atoms with Crippen LogP contribution in [0.3, 0.4) is 0 Å². The summed E-state index contributed by atoms with van der Waals surface area (Å²) in [6.07, 6.45) is 0. The van der Waals surface area contributed by atoms with Gasteiger partial charge in [-0.15, -0.1) is 0 Å². The van der Waals surface area contributed by atoms with Crippen molar-refractivity contribution in [3.8, 4) is 5.75 Å². The lowest BCUT2D eigenvalue weighted by Crippen LogP contribution is -2.24.